The van der Waals surface area contributed by atoms with E-state index in [-0.39, 0.29) is 11.8 Å². The van der Waals surface area contributed by atoms with E-state index in [9.17, 15) is 8.42 Å². The normalized spacial score (nSPS) is 26.2. The second-order valence-electron chi connectivity index (χ2n) is 6.60. The van der Waals surface area contributed by atoms with E-state index in [2.05, 4.69) is 19.2 Å². The number of hydrogen-bond donors (Lipinski definition) is 1. The fraction of sp³-hybridized carbons (Fsp3) is 0.625. The van der Waals surface area contributed by atoms with Crippen molar-refractivity contribution in [2.45, 2.75) is 44.0 Å². The molecule has 0 spiro atoms. The SMILES string of the molecule is CC(C)C1(CNC2CCS(=O)(=O)c3ccccc32)CC1. The topological polar surface area (TPSA) is 46.2 Å². The van der Waals surface area contributed by atoms with Gasteiger partial charge in [-0.3, -0.25) is 0 Å². The van der Waals surface area contributed by atoms with Crippen LogP contribution >= 0.6 is 0 Å². The Morgan fingerprint density at radius 2 is 2.00 bits per heavy atom. The Balaban J connectivity index is 1.79. The summed E-state index contributed by atoms with van der Waals surface area (Å²) in [7, 11) is -3.07. The van der Waals surface area contributed by atoms with Crippen LogP contribution < -0.4 is 5.32 Å². The van der Waals surface area contributed by atoms with E-state index in [1.165, 1.54) is 12.8 Å². The van der Waals surface area contributed by atoms with Gasteiger partial charge >= 0.3 is 0 Å². The maximum Gasteiger partial charge on any atom is 0.178 e. The Hall–Kier alpha value is -0.870. The molecule has 1 aromatic carbocycles. The molecule has 1 heterocycles. The highest BCUT2D eigenvalue weighted by molar-refractivity contribution is 7.91. The highest BCUT2D eigenvalue weighted by atomic mass is 32.2. The Bertz CT molecular complexity index is 603. The van der Waals surface area contributed by atoms with Gasteiger partial charge < -0.3 is 5.32 Å². The van der Waals surface area contributed by atoms with Gasteiger partial charge in [-0.2, -0.15) is 0 Å². The van der Waals surface area contributed by atoms with Gasteiger partial charge in [0.2, 0.25) is 0 Å². The molecule has 1 atom stereocenters. The molecular weight excluding hydrogens is 270 g/mol. The van der Waals surface area contributed by atoms with Crippen LogP contribution in [0.3, 0.4) is 0 Å². The van der Waals surface area contributed by atoms with Crippen LogP contribution in [0.25, 0.3) is 0 Å². The summed E-state index contributed by atoms with van der Waals surface area (Å²) in [6.45, 7) is 5.58. The lowest BCUT2D eigenvalue weighted by Gasteiger charge is -2.29. The van der Waals surface area contributed by atoms with Crippen LogP contribution in [0.5, 0.6) is 0 Å². The monoisotopic (exact) mass is 293 g/mol. The van der Waals surface area contributed by atoms with Crippen molar-refractivity contribution < 1.29 is 8.42 Å². The van der Waals surface area contributed by atoms with Crippen LogP contribution in [0, 0.1) is 11.3 Å². The molecular formula is C16H23NO2S. The molecule has 1 saturated carbocycles. The lowest BCUT2D eigenvalue weighted by Crippen LogP contribution is -2.34. The zero-order chi connectivity index (χ0) is 14.4. The van der Waals surface area contributed by atoms with Gasteiger partial charge in [0.15, 0.2) is 9.84 Å². The molecule has 2 aliphatic rings. The van der Waals surface area contributed by atoms with Gasteiger partial charge in [0.1, 0.15) is 0 Å². The third kappa shape index (κ3) is 2.40. The molecule has 1 fully saturated rings. The highest BCUT2D eigenvalue weighted by Gasteiger charge is 2.45. The average molecular weight is 293 g/mol. The first-order valence-corrected chi connectivity index (χ1v) is 9.15. The van der Waals surface area contributed by atoms with Crippen LogP contribution in [0.1, 0.15) is 44.7 Å². The summed E-state index contributed by atoms with van der Waals surface area (Å²) in [5.41, 5.74) is 1.41. The number of nitrogens with one attached hydrogen (secondary N) is 1. The number of fused-ring (bicyclic) bond motifs is 1. The van der Waals surface area contributed by atoms with E-state index in [4.69, 9.17) is 0 Å². The van der Waals surface area contributed by atoms with E-state index >= 15 is 0 Å². The molecule has 0 radical (unpaired) electrons. The van der Waals surface area contributed by atoms with E-state index in [0.717, 1.165) is 12.1 Å². The standard InChI is InChI=1S/C16H23NO2S/c1-12(2)16(8-9-16)11-17-14-7-10-20(18,19)15-6-4-3-5-13(14)15/h3-6,12,14,17H,7-11H2,1-2H3. The Labute approximate surface area is 121 Å². The number of hydrogen-bond acceptors (Lipinski definition) is 3. The van der Waals surface area contributed by atoms with Gasteiger partial charge in [-0.25, -0.2) is 8.42 Å². The van der Waals surface area contributed by atoms with E-state index in [1.807, 2.05) is 18.2 Å². The minimum absolute atomic E-state index is 0.186. The van der Waals surface area contributed by atoms with Gasteiger partial charge in [0.05, 0.1) is 10.6 Å². The Morgan fingerprint density at radius 3 is 2.65 bits per heavy atom. The zero-order valence-electron chi connectivity index (χ0n) is 12.2. The molecule has 0 amide bonds. The number of sulfone groups is 1. The quantitative estimate of drug-likeness (QED) is 0.928. The maximum atomic E-state index is 12.1. The molecule has 3 nitrogen and oxygen atoms in total. The molecule has 1 N–H and O–H groups in total. The van der Waals surface area contributed by atoms with Gasteiger partial charge in [-0.05, 0) is 42.2 Å². The summed E-state index contributed by atoms with van der Waals surface area (Å²) in [6.07, 6.45) is 3.28. The van der Waals surface area contributed by atoms with Crippen molar-refractivity contribution in [3.05, 3.63) is 29.8 Å². The zero-order valence-corrected chi connectivity index (χ0v) is 13.0. The summed E-state index contributed by atoms with van der Waals surface area (Å²) in [5, 5.41) is 3.64. The number of benzene rings is 1. The Morgan fingerprint density at radius 1 is 1.30 bits per heavy atom. The second-order valence-corrected chi connectivity index (χ2v) is 8.67. The van der Waals surface area contributed by atoms with Gasteiger partial charge in [0, 0.05) is 12.6 Å². The smallest absolute Gasteiger partial charge is 0.178 e. The third-order valence-electron chi connectivity index (χ3n) is 5.12. The average Bonchev–Trinajstić information content (AvgIpc) is 3.19. The minimum Gasteiger partial charge on any atom is -0.309 e. The molecule has 0 saturated heterocycles. The van der Waals surface area contributed by atoms with Gasteiger partial charge in [-0.1, -0.05) is 32.0 Å². The van der Waals surface area contributed by atoms with Crippen molar-refractivity contribution >= 4 is 9.84 Å². The molecule has 4 heteroatoms. The lowest BCUT2D eigenvalue weighted by atomic mass is 9.91. The van der Waals surface area contributed by atoms with E-state index < -0.39 is 9.84 Å². The molecule has 1 unspecified atom stereocenters. The van der Waals surface area contributed by atoms with Crippen LogP contribution in [0.4, 0.5) is 0 Å². The van der Waals surface area contributed by atoms with Crippen molar-refractivity contribution in [3.63, 3.8) is 0 Å². The first-order chi connectivity index (χ1) is 9.45. The fourth-order valence-corrected chi connectivity index (χ4v) is 4.87. The van der Waals surface area contributed by atoms with Crippen molar-refractivity contribution in [1.29, 1.82) is 0 Å². The van der Waals surface area contributed by atoms with Gasteiger partial charge in [0.25, 0.3) is 0 Å². The van der Waals surface area contributed by atoms with Crippen LogP contribution in [0.15, 0.2) is 29.2 Å². The second kappa shape index (κ2) is 4.85. The highest BCUT2D eigenvalue weighted by Crippen LogP contribution is 2.51. The molecule has 20 heavy (non-hydrogen) atoms. The molecule has 0 aromatic heterocycles. The predicted molar refractivity (Wildman–Crippen MR) is 80.4 cm³/mol. The molecule has 1 aromatic rings. The predicted octanol–water partition coefficient (Wildman–Crippen LogP) is 2.93. The summed E-state index contributed by atoms with van der Waals surface area (Å²) in [6, 6.07) is 7.64. The molecule has 0 bridgehead atoms. The fourth-order valence-electron chi connectivity index (χ4n) is 3.25. The van der Waals surface area contributed by atoms with Crippen molar-refractivity contribution in [2.24, 2.45) is 11.3 Å². The van der Waals surface area contributed by atoms with Crippen LogP contribution in [-0.2, 0) is 9.84 Å². The molecule has 3 rings (SSSR count). The molecule has 1 aliphatic carbocycles. The van der Waals surface area contributed by atoms with E-state index in [1.54, 1.807) is 6.07 Å². The summed E-state index contributed by atoms with van der Waals surface area (Å²) >= 11 is 0. The number of rotatable bonds is 4. The maximum absolute atomic E-state index is 12.1. The lowest BCUT2D eigenvalue weighted by molar-refractivity contribution is 0.316. The largest absolute Gasteiger partial charge is 0.309 e. The summed E-state index contributed by atoms with van der Waals surface area (Å²) in [4.78, 5) is 0.526. The van der Waals surface area contributed by atoms with E-state index in [0.29, 0.717) is 22.6 Å². The third-order valence-corrected chi connectivity index (χ3v) is 6.94. The van der Waals surface area contributed by atoms with Crippen LogP contribution in [0.2, 0.25) is 0 Å². The van der Waals surface area contributed by atoms with Crippen molar-refractivity contribution in [1.82, 2.24) is 5.32 Å². The Kier molecular flexibility index (Phi) is 3.41. The van der Waals surface area contributed by atoms with Crippen molar-refractivity contribution in [2.75, 3.05) is 12.3 Å². The first kappa shape index (κ1) is 14.1. The van der Waals surface area contributed by atoms with Crippen molar-refractivity contribution in [3.8, 4) is 0 Å². The molecule has 110 valence electrons. The molecule has 1 aliphatic heterocycles. The first-order valence-electron chi connectivity index (χ1n) is 7.50. The summed E-state index contributed by atoms with van der Waals surface area (Å²) < 4.78 is 24.2. The van der Waals surface area contributed by atoms with Crippen LogP contribution in [-0.4, -0.2) is 20.7 Å². The minimum atomic E-state index is -3.07. The summed E-state index contributed by atoms with van der Waals surface area (Å²) in [5.74, 6) is 0.952. The van der Waals surface area contributed by atoms with Gasteiger partial charge in [-0.15, -0.1) is 0 Å².